The van der Waals surface area contributed by atoms with Crippen molar-refractivity contribution in [2.45, 2.75) is 51.5 Å². The highest BCUT2D eigenvalue weighted by atomic mass is 35.5. The zero-order valence-corrected chi connectivity index (χ0v) is 19.3. The van der Waals surface area contributed by atoms with Crippen LogP contribution in [0.4, 0.5) is 4.79 Å². The highest BCUT2D eigenvalue weighted by Gasteiger charge is 2.26. The van der Waals surface area contributed by atoms with Gasteiger partial charge in [-0.05, 0) is 31.0 Å². The highest BCUT2D eigenvalue weighted by molar-refractivity contribution is 7.18. The number of thiazole rings is 2. The standard InChI is InChI=1S/C21H25ClN4OS2/c1-21(2,3)19-24-15(12-28-19)11-23-20(27)26-8-6-13(7-9-26)18-25-16-10-14(22)4-5-17(16)29-18/h4-5,10,12-13H,6-9,11H2,1-3H3,(H,23,27). The van der Waals surface area contributed by atoms with Crippen molar-refractivity contribution in [3.05, 3.63) is 44.3 Å². The first-order valence-corrected chi connectivity index (χ1v) is 11.9. The summed E-state index contributed by atoms with van der Waals surface area (Å²) in [6.07, 6.45) is 1.87. The quantitative estimate of drug-likeness (QED) is 0.551. The number of carbonyl (C=O) groups excluding carboxylic acids is 1. The molecule has 1 aliphatic heterocycles. The normalized spacial score (nSPS) is 15.8. The number of halogens is 1. The molecule has 0 spiro atoms. The summed E-state index contributed by atoms with van der Waals surface area (Å²) < 4.78 is 1.17. The summed E-state index contributed by atoms with van der Waals surface area (Å²) in [4.78, 5) is 23.9. The molecule has 0 saturated carbocycles. The molecule has 8 heteroatoms. The minimum Gasteiger partial charge on any atom is -0.332 e. The third-order valence-electron chi connectivity index (χ3n) is 5.11. The zero-order chi connectivity index (χ0) is 20.6. The van der Waals surface area contributed by atoms with Gasteiger partial charge in [0.1, 0.15) is 0 Å². The van der Waals surface area contributed by atoms with Gasteiger partial charge >= 0.3 is 6.03 Å². The number of nitrogens with zero attached hydrogens (tertiary/aromatic N) is 3. The average Bonchev–Trinajstić information content (AvgIpc) is 3.32. The molecule has 154 valence electrons. The van der Waals surface area contributed by atoms with Crippen molar-refractivity contribution in [2.75, 3.05) is 13.1 Å². The summed E-state index contributed by atoms with van der Waals surface area (Å²) in [5.41, 5.74) is 1.94. The van der Waals surface area contributed by atoms with Crippen LogP contribution in [0.25, 0.3) is 10.2 Å². The van der Waals surface area contributed by atoms with Crippen LogP contribution in [0, 0.1) is 0 Å². The van der Waals surface area contributed by atoms with Crippen LogP contribution in [0.5, 0.6) is 0 Å². The van der Waals surface area contributed by atoms with Crippen molar-refractivity contribution in [3.8, 4) is 0 Å². The largest absolute Gasteiger partial charge is 0.332 e. The Morgan fingerprint density at radius 1 is 1.28 bits per heavy atom. The smallest absolute Gasteiger partial charge is 0.317 e. The zero-order valence-electron chi connectivity index (χ0n) is 16.9. The van der Waals surface area contributed by atoms with Gasteiger partial charge in [0.2, 0.25) is 0 Å². The Morgan fingerprint density at radius 2 is 2.03 bits per heavy atom. The Kier molecular flexibility index (Phi) is 5.82. The van der Waals surface area contributed by atoms with Crippen molar-refractivity contribution in [1.29, 1.82) is 0 Å². The number of nitrogens with one attached hydrogen (secondary N) is 1. The van der Waals surface area contributed by atoms with Crippen LogP contribution < -0.4 is 5.32 Å². The minimum atomic E-state index is -0.00941. The lowest BCUT2D eigenvalue weighted by molar-refractivity contribution is 0.181. The van der Waals surface area contributed by atoms with Gasteiger partial charge in [-0.2, -0.15) is 0 Å². The van der Waals surface area contributed by atoms with E-state index in [1.54, 1.807) is 22.7 Å². The predicted octanol–water partition coefficient (Wildman–Crippen LogP) is 5.79. The molecule has 1 N–H and O–H groups in total. The van der Waals surface area contributed by atoms with E-state index < -0.39 is 0 Å². The number of likely N-dealkylation sites (tertiary alicyclic amines) is 1. The number of carbonyl (C=O) groups is 1. The summed E-state index contributed by atoms with van der Waals surface area (Å²) in [6, 6.07) is 5.85. The molecule has 1 saturated heterocycles. The molecule has 0 bridgehead atoms. The predicted molar refractivity (Wildman–Crippen MR) is 121 cm³/mol. The number of hydrogen-bond acceptors (Lipinski definition) is 5. The number of amides is 2. The average molecular weight is 449 g/mol. The number of urea groups is 1. The SMILES string of the molecule is CC(C)(C)c1nc(CNC(=O)N2CCC(c3nc4cc(Cl)ccc4s3)CC2)cs1. The second-order valence-electron chi connectivity index (χ2n) is 8.48. The Labute approximate surface area is 184 Å². The molecule has 1 fully saturated rings. The van der Waals surface area contributed by atoms with Crippen LogP contribution in [0.15, 0.2) is 23.6 Å². The van der Waals surface area contributed by atoms with Gasteiger partial charge in [-0.15, -0.1) is 22.7 Å². The van der Waals surface area contributed by atoms with Crippen LogP contribution in [-0.2, 0) is 12.0 Å². The number of rotatable bonds is 3. The third kappa shape index (κ3) is 4.73. The molecular formula is C21H25ClN4OS2. The van der Waals surface area contributed by atoms with Gasteiger partial charge in [0.05, 0.1) is 32.5 Å². The van der Waals surface area contributed by atoms with Gasteiger partial charge in [0.25, 0.3) is 0 Å². The molecule has 5 nitrogen and oxygen atoms in total. The van der Waals surface area contributed by atoms with E-state index in [1.165, 1.54) is 4.70 Å². The number of aromatic nitrogens is 2. The fourth-order valence-electron chi connectivity index (χ4n) is 3.43. The van der Waals surface area contributed by atoms with E-state index in [9.17, 15) is 4.79 Å². The third-order valence-corrected chi connectivity index (χ3v) is 7.86. The van der Waals surface area contributed by atoms with Gasteiger partial charge in [-0.1, -0.05) is 32.4 Å². The van der Waals surface area contributed by atoms with E-state index in [4.69, 9.17) is 16.6 Å². The number of benzene rings is 1. The second kappa shape index (κ2) is 8.20. The number of fused-ring (bicyclic) bond motifs is 1. The first kappa shape index (κ1) is 20.6. The van der Waals surface area contributed by atoms with Crippen LogP contribution in [-0.4, -0.2) is 34.0 Å². The molecule has 3 aromatic rings. The first-order valence-electron chi connectivity index (χ1n) is 9.83. The lowest BCUT2D eigenvalue weighted by atomic mass is 9.98. The first-order chi connectivity index (χ1) is 13.8. The lowest BCUT2D eigenvalue weighted by Crippen LogP contribution is -2.43. The van der Waals surface area contributed by atoms with Crippen molar-refractivity contribution in [3.63, 3.8) is 0 Å². The van der Waals surface area contributed by atoms with Crippen LogP contribution in [0.2, 0.25) is 5.02 Å². The summed E-state index contributed by atoms with van der Waals surface area (Å²) in [5, 5.41) is 8.02. The number of piperidine rings is 1. The van der Waals surface area contributed by atoms with Crippen LogP contribution in [0.3, 0.4) is 0 Å². The van der Waals surface area contributed by atoms with Gasteiger partial charge in [-0.3, -0.25) is 0 Å². The Bertz CT molecular complexity index is 1020. The van der Waals surface area contributed by atoms with Crippen molar-refractivity contribution < 1.29 is 4.79 Å². The molecule has 0 aliphatic carbocycles. The van der Waals surface area contributed by atoms with E-state index >= 15 is 0 Å². The maximum atomic E-state index is 12.6. The van der Waals surface area contributed by atoms with E-state index in [0.717, 1.165) is 52.2 Å². The van der Waals surface area contributed by atoms with Gasteiger partial charge in [0, 0.05) is 34.8 Å². The molecule has 0 unspecified atom stereocenters. The van der Waals surface area contributed by atoms with E-state index in [0.29, 0.717) is 12.5 Å². The molecule has 0 radical (unpaired) electrons. The summed E-state index contributed by atoms with van der Waals surface area (Å²) in [6.45, 7) is 8.42. The second-order valence-corrected chi connectivity index (χ2v) is 10.8. The minimum absolute atomic E-state index is 0.00941. The summed E-state index contributed by atoms with van der Waals surface area (Å²) in [7, 11) is 0. The fraction of sp³-hybridized carbons (Fsp3) is 0.476. The van der Waals surface area contributed by atoms with Gasteiger partial charge in [0.15, 0.2) is 0 Å². The molecule has 0 atom stereocenters. The molecule has 4 rings (SSSR count). The van der Waals surface area contributed by atoms with Crippen molar-refractivity contribution in [1.82, 2.24) is 20.2 Å². The van der Waals surface area contributed by atoms with E-state index in [1.807, 2.05) is 28.5 Å². The molecule has 29 heavy (non-hydrogen) atoms. The molecule has 2 aromatic heterocycles. The van der Waals surface area contributed by atoms with Crippen LogP contribution >= 0.6 is 34.3 Å². The molecular weight excluding hydrogens is 424 g/mol. The number of hydrogen-bond donors (Lipinski definition) is 1. The Balaban J connectivity index is 1.30. The maximum Gasteiger partial charge on any atom is 0.317 e. The highest BCUT2D eigenvalue weighted by Crippen LogP contribution is 2.34. The maximum absolute atomic E-state index is 12.6. The summed E-state index contributed by atoms with van der Waals surface area (Å²) in [5.74, 6) is 0.406. The fourth-order valence-corrected chi connectivity index (χ4v) is 5.62. The molecule has 1 aromatic carbocycles. The lowest BCUT2D eigenvalue weighted by Gasteiger charge is -2.31. The van der Waals surface area contributed by atoms with Crippen molar-refractivity contribution >= 4 is 50.5 Å². The van der Waals surface area contributed by atoms with Gasteiger partial charge < -0.3 is 10.2 Å². The van der Waals surface area contributed by atoms with Gasteiger partial charge in [-0.25, -0.2) is 14.8 Å². The van der Waals surface area contributed by atoms with Crippen molar-refractivity contribution in [2.24, 2.45) is 0 Å². The molecule has 3 heterocycles. The Morgan fingerprint density at radius 3 is 2.72 bits per heavy atom. The van der Waals surface area contributed by atoms with E-state index in [-0.39, 0.29) is 11.4 Å². The summed E-state index contributed by atoms with van der Waals surface area (Å²) >= 11 is 9.47. The Hall–Kier alpha value is -1.70. The van der Waals surface area contributed by atoms with Crippen LogP contribution in [0.1, 0.15) is 55.2 Å². The molecule has 2 amide bonds. The van der Waals surface area contributed by atoms with E-state index in [2.05, 4.69) is 31.1 Å². The molecule has 1 aliphatic rings. The monoisotopic (exact) mass is 448 g/mol. The topological polar surface area (TPSA) is 58.1 Å².